The van der Waals surface area contributed by atoms with Crippen molar-refractivity contribution in [1.82, 2.24) is 5.06 Å². The Bertz CT molecular complexity index is 597. The number of rotatable bonds is 5. The minimum absolute atomic E-state index is 0.0617. The summed E-state index contributed by atoms with van der Waals surface area (Å²) >= 11 is 0. The van der Waals surface area contributed by atoms with Crippen molar-refractivity contribution < 1.29 is 23.9 Å². The smallest absolute Gasteiger partial charge is 0.338 e. The molecule has 2 rings (SSSR count). The number of hydrogen-bond donors (Lipinski definition) is 2. The standard InChI is InChI=1S/C17H21FN2O4/c18-13-7-9-14(10-8-13)23-12-16-6-3-5-15(24-16)4-1-2-11-20(22)17(19)21/h7-10,15-16,22H,2-3,5-6,11-12H2,(H2,19,21). The maximum atomic E-state index is 12.8. The molecule has 2 unspecified atom stereocenters. The zero-order chi connectivity index (χ0) is 17.4. The molecule has 3 N–H and O–H groups in total. The lowest BCUT2D eigenvalue weighted by molar-refractivity contribution is -0.0423. The van der Waals surface area contributed by atoms with Gasteiger partial charge < -0.3 is 15.2 Å². The fraction of sp³-hybridized carbons (Fsp3) is 0.471. The first-order valence-corrected chi connectivity index (χ1v) is 7.82. The topological polar surface area (TPSA) is 85.0 Å². The molecule has 24 heavy (non-hydrogen) atoms. The van der Waals surface area contributed by atoms with E-state index in [9.17, 15) is 9.18 Å². The molecule has 0 saturated carbocycles. The normalized spacial score (nSPS) is 19.9. The van der Waals surface area contributed by atoms with E-state index in [-0.39, 0.29) is 24.6 Å². The first-order chi connectivity index (χ1) is 11.5. The van der Waals surface area contributed by atoms with Crippen LogP contribution in [0, 0.1) is 17.7 Å². The van der Waals surface area contributed by atoms with Gasteiger partial charge in [-0.05, 0) is 43.5 Å². The van der Waals surface area contributed by atoms with Crippen molar-refractivity contribution in [3.05, 3.63) is 30.1 Å². The molecular formula is C17H21FN2O4. The lowest BCUT2D eigenvalue weighted by atomic mass is 10.0. The predicted molar refractivity (Wildman–Crippen MR) is 84.9 cm³/mol. The monoisotopic (exact) mass is 336 g/mol. The number of nitrogens with two attached hydrogens (primary N) is 1. The largest absolute Gasteiger partial charge is 0.491 e. The van der Waals surface area contributed by atoms with E-state index in [2.05, 4.69) is 11.8 Å². The zero-order valence-electron chi connectivity index (χ0n) is 13.3. The summed E-state index contributed by atoms with van der Waals surface area (Å²) in [5, 5.41) is 9.55. The van der Waals surface area contributed by atoms with Crippen LogP contribution in [0.1, 0.15) is 25.7 Å². The second-order valence-electron chi connectivity index (χ2n) is 5.48. The number of carbonyl (C=O) groups excluding carboxylic acids is 1. The van der Waals surface area contributed by atoms with Gasteiger partial charge in [0, 0.05) is 6.42 Å². The summed E-state index contributed by atoms with van der Waals surface area (Å²) in [5.41, 5.74) is 4.90. The lowest BCUT2D eigenvalue weighted by Gasteiger charge is -2.27. The average molecular weight is 336 g/mol. The van der Waals surface area contributed by atoms with Crippen LogP contribution in [0.15, 0.2) is 24.3 Å². The minimum Gasteiger partial charge on any atom is -0.491 e. The molecule has 1 aromatic carbocycles. The number of amides is 2. The number of ether oxygens (including phenoxy) is 2. The van der Waals surface area contributed by atoms with E-state index in [0.29, 0.717) is 23.8 Å². The number of carbonyl (C=O) groups is 1. The van der Waals surface area contributed by atoms with Gasteiger partial charge in [0.05, 0.1) is 12.6 Å². The Labute approximate surface area is 140 Å². The van der Waals surface area contributed by atoms with E-state index in [1.165, 1.54) is 12.1 Å². The van der Waals surface area contributed by atoms with E-state index >= 15 is 0 Å². The SMILES string of the molecule is NC(=O)N(O)CCC#CC1CCCC(COc2ccc(F)cc2)O1. The van der Waals surface area contributed by atoms with Gasteiger partial charge in [-0.15, -0.1) is 0 Å². The first kappa shape index (κ1) is 18.0. The Morgan fingerprint density at radius 1 is 1.42 bits per heavy atom. The summed E-state index contributed by atoms with van der Waals surface area (Å²) in [6.45, 7) is 0.446. The number of halogens is 1. The molecular weight excluding hydrogens is 315 g/mol. The number of primary amides is 1. The van der Waals surface area contributed by atoms with Crippen LogP contribution in [0.25, 0.3) is 0 Å². The van der Waals surface area contributed by atoms with Gasteiger partial charge in [0.25, 0.3) is 0 Å². The summed E-state index contributed by atoms with van der Waals surface area (Å²) in [7, 11) is 0. The first-order valence-electron chi connectivity index (χ1n) is 7.82. The third-order valence-electron chi connectivity index (χ3n) is 3.56. The van der Waals surface area contributed by atoms with Crippen molar-refractivity contribution in [1.29, 1.82) is 0 Å². The summed E-state index contributed by atoms with van der Waals surface area (Å²) in [6.07, 6.45) is 2.74. The van der Waals surface area contributed by atoms with Gasteiger partial charge in [0.2, 0.25) is 0 Å². The molecule has 0 aromatic heterocycles. The van der Waals surface area contributed by atoms with Gasteiger partial charge in [0.15, 0.2) is 0 Å². The van der Waals surface area contributed by atoms with E-state index in [1.807, 2.05) is 0 Å². The van der Waals surface area contributed by atoms with E-state index in [0.717, 1.165) is 19.3 Å². The Balaban J connectivity index is 1.73. The highest BCUT2D eigenvalue weighted by molar-refractivity contribution is 5.70. The average Bonchev–Trinajstić information content (AvgIpc) is 2.58. The molecule has 130 valence electrons. The molecule has 2 amide bonds. The van der Waals surface area contributed by atoms with Gasteiger partial charge in [-0.1, -0.05) is 11.8 Å². The number of benzene rings is 1. The fourth-order valence-electron chi connectivity index (χ4n) is 2.31. The summed E-state index contributed by atoms with van der Waals surface area (Å²) in [4.78, 5) is 10.6. The molecule has 1 aliphatic heterocycles. The van der Waals surface area contributed by atoms with Crippen LogP contribution in [0.5, 0.6) is 5.75 Å². The molecule has 1 aliphatic rings. The quantitative estimate of drug-likeness (QED) is 0.491. The molecule has 0 radical (unpaired) electrons. The van der Waals surface area contributed by atoms with Crippen LogP contribution in [0.2, 0.25) is 0 Å². The van der Waals surface area contributed by atoms with Crippen molar-refractivity contribution in [3.8, 4) is 17.6 Å². The molecule has 6 nitrogen and oxygen atoms in total. The molecule has 0 aliphatic carbocycles. The summed E-state index contributed by atoms with van der Waals surface area (Å²) in [5.74, 6) is 6.16. The molecule has 2 atom stereocenters. The number of urea groups is 1. The van der Waals surface area contributed by atoms with Crippen LogP contribution in [-0.2, 0) is 4.74 Å². The third kappa shape index (κ3) is 6.07. The van der Waals surface area contributed by atoms with Gasteiger partial charge in [0.1, 0.15) is 24.3 Å². The predicted octanol–water partition coefficient (Wildman–Crippen LogP) is 2.31. The van der Waals surface area contributed by atoms with Gasteiger partial charge in [-0.25, -0.2) is 14.2 Å². The number of hydrogen-bond acceptors (Lipinski definition) is 4. The molecule has 0 spiro atoms. The van der Waals surface area contributed by atoms with E-state index in [1.54, 1.807) is 12.1 Å². The van der Waals surface area contributed by atoms with Crippen molar-refractivity contribution in [2.45, 2.75) is 37.9 Å². The molecule has 1 saturated heterocycles. The highest BCUT2D eigenvalue weighted by Crippen LogP contribution is 2.20. The van der Waals surface area contributed by atoms with Crippen LogP contribution in [0.4, 0.5) is 9.18 Å². The van der Waals surface area contributed by atoms with Crippen LogP contribution >= 0.6 is 0 Å². The number of hydroxylamine groups is 2. The minimum atomic E-state index is -0.899. The highest BCUT2D eigenvalue weighted by atomic mass is 19.1. The molecule has 1 fully saturated rings. The molecule has 0 bridgehead atoms. The highest BCUT2D eigenvalue weighted by Gasteiger charge is 2.21. The molecule has 1 aromatic rings. The van der Waals surface area contributed by atoms with E-state index < -0.39 is 6.03 Å². The van der Waals surface area contributed by atoms with Gasteiger partial charge in [-0.2, -0.15) is 0 Å². The molecule has 7 heteroatoms. The maximum absolute atomic E-state index is 12.8. The lowest BCUT2D eigenvalue weighted by Crippen LogP contribution is -2.33. The van der Waals surface area contributed by atoms with Gasteiger partial charge >= 0.3 is 6.03 Å². The van der Waals surface area contributed by atoms with Crippen LogP contribution < -0.4 is 10.5 Å². The Hall–Kier alpha value is -2.30. The second kappa shape index (κ2) is 9.11. The summed E-state index contributed by atoms with van der Waals surface area (Å²) in [6, 6.07) is 4.96. The van der Waals surface area contributed by atoms with Crippen molar-refractivity contribution in [2.24, 2.45) is 5.73 Å². The molecule has 1 heterocycles. The third-order valence-corrected chi connectivity index (χ3v) is 3.56. The van der Waals surface area contributed by atoms with Crippen molar-refractivity contribution >= 4 is 6.03 Å². The van der Waals surface area contributed by atoms with Crippen LogP contribution in [-0.4, -0.2) is 41.7 Å². The van der Waals surface area contributed by atoms with Crippen molar-refractivity contribution in [2.75, 3.05) is 13.2 Å². The van der Waals surface area contributed by atoms with Gasteiger partial charge in [-0.3, -0.25) is 5.21 Å². The van der Waals surface area contributed by atoms with Crippen LogP contribution in [0.3, 0.4) is 0 Å². The summed E-state index contributed by atoms with van der Waals surface area (Å²) < 4.78 is 24.3. The Morgan fingerprint density at radius 3 is 2.88 bits per heavy atom. The maximum Gasteiger partial charge on any atom is 0.338 e. The van der Waals surface area contributed by atoms with Crippen molar-refractivity contribution in [3.63, 3.8) is 0 Å². The second-order valence-corrected chi connectivity index (χ2v) is 5.48. The Kier molecular flexibility index (Phi) is 6.85. The van der Waals surface area contributed by atoms with E-state index in [4.69, 9.17) is 20.4 Å². The zero-order valence-corrected chi connectivity index (χ0v) is 13.3. The number of nitrogens with zero attached hydrogens (tertiary/aromatic N) is 1. The fourth-order valence-corrected chi connectivity index (χ4v) is 2.31. The Morgan fingerprint density at radius 2 is 2.17 bits per heavy atom.